The first kappa shape index (κ1) is 16.9. The van der Waals surface area contributed by atoms with Crippen LogP contribution in [-0.4, -0.2) is 16.9 Å². The molecule has 0 aromatic heterocycles. The number of amides is 1. The minimum atomic E-state index is -0.393. The summed E-state index contributed by atoms with van der Waals surface area (Å²) < 4.78 is 0. The zero-order chi connectivity index (χ0) is 13.8. The van der Waals surface area contributed by atoms with Gasteiger partial charge in [0.15, 0.2) is 0 Å². The first-order valence-electron chi connectivity index (χ1n) is 7.01. The number of hydrogen-bond acceptors (Lipinski definition) is 3. The Hall–Kier alpha value is -1.10. The van der Waals surface area contributed by atoms with Crippen molar-refractivity contribution in [2.45, 2.75) is 71.1 Å². The SMILES string of the molecule is CCCCCCCCCCCC(=O)N(N)C(=N)N. The number of rotatable bonds is 10. The quantitative estimate of drug-likeness (QED) is 0.140. The van der Waals surface area contributed by atoms with E-state index in [1.165, 1.54) is 44.9 Å². The van der Waals surface area contributed by atoms with Gasteiger partial charge in [0, 0.05) is 6.42 Å². The number of nitrogens with one attached hydrogen (secondary N) is 1. The lowest BCUT2D eigenvalue weighted by Gasteiger charge is -2.13. The summed E-state index contributed by atoms with van der Waals surface area (Å²) in [6.07, 6.45) is 11.3. The Morgan fingerprint density at radius 3 is 1.89 bits per heavy atom. The van der Waals surface area contributed by atoms with Gasteiger partial charge in [0.1, 0.15) is 0 Å². The predicted molar refractivity (Wildman–Crippen MR) is 74.8 cm³/mol. The Labute approximate surface area is 110 Å². The van der Waals surface area contributed by atoms with Gasteiger partial charge in [-0.2, -0.15) is 0 Å². The lowest BCUT2D eigenvalue weighted by molar-refractivity contribution is -0.127. The van der Waals surface area contributed by atoms with Crippen molar-refractivity contribution in [3.8, 4) is 0 Å². The predicted octanol–water partition coefficient (Wildman–Crippen LogP) is 2.50. The third-order valence-electron chi connectivity index (χ3n) is 3.02. The van der Waals surface area contributed by atoms with Gasteiger partial charge in [-0.05, 0) is 6.42 Å². The maximum Gasteiger partial charge on any atom is 0.243 e. The van der Waals surface area contributed by atoms with Gasteiger partial charge in [-0.15, -0.1) is 0 Å². The first-order valence-corrected chi connectivity index (χ1v) is 7.01. The average molecular weight is 256 g/mol. The summed E-state index contributed by atoms with van der Waals surface area (Å²) in [5, 5.41) is 7.73. The highest BCUT2D eigenvalue weighted by Crippen LogP contribution is 2.10. The summed E-state index contributed by atoms with van der Waals surface area (Å²) in [6.45, 7) is 2.22. The second kappa shape index (κ2) is 11.0. The van der Waals surface area contributed by atoms with Gasteiger partial charge in [0.2, 0.25) is 11.9 Å². The third-order valence-corrected chi connectivity index (χ3v) is 3.02. The van der Waals surface area contributed by atoms with Crippen molar-refractivity contribution in [3.63, 3.8) is 0 Å². The zero-order valence-corrected chi connectivity index (χ0v) is 11.6. The Morgan fingerprint density at radius 2 is 1.44 bits per heavy atom. The lowest BCUT2D eigenvalue weighted by Crippen LogP contribution is -2.46. The fourth-order valence-corrected chi connectivity index (χ4v) is 1.84. The molecule has 0 spiro atoms. The Balaban J connectivity index is 3.30. The molecule has 0 aromatic rings. The lowest BCUT2D eigenvalue weighted by atomic mass is 10.1. The molecule has 0 atom stereocenters. The fourth-order valence-electron chi connectivity index (χ4n) is 1.84. The number of nitrogens with zero attached hydrogens (tertiary/aromatic N) is 1. The van der Waals surface area contributed by atoms with Gasteiger partial charge in [-0.25, -0.2) is 10.9 Å². The van der Waals surface area contributed by atoms with Crippen molar-refractivity contribution in [1.82, 2.24) is 5.01 Å². The van der Waals surface area contributed by atoms with Crippen LogP contribution in [0.1, 0.15) is 71.1 Å². The smallest absolute Gasteiger partial charge is 0.243 e. The van der Waals surface area contributed by atoms with Crippen LogP contribution in [0, 0.1) is 5.41 Å². The van der Waals surface area contributed by atoms with E-state index >= 15 is 0 Å². The fraction of sp³-hybridized carbons (Fsp3) is 0.846. The highest BCUT2D eigenvalue weighted by atomic mass is 16.2. The monoisotopic (exact) mass is 256 g/mol. The molecule has 0 aliphatic heterocycles. The maximum atomic E-state index is 11.4. The van der Waals surface area contributed by atoms with Crippen LogP contribution in [0.3, 0.4) is 0 Å². The van der Waals surface area contributed by atoms with E-state index in [1.807, 2.05) is 0 Å². The molecule has 0 rings (SSSR count). The van der Waals surface area contributed by atoms with E-state index < -0.39 is 5.96 Å². The van der Waals surface area contributed by atoms with Gasteiger partial charge < -0.3 is 5.73 Å². The Morgan fingerprint density at radius 1 is 1.00 bits per heavy atom. The molecule has 1 amide bonds. The van der Waals surface area contributed by atoms with E-state index in [4.69, 9.17) is 17.0 Å². The summed E-state index contributed by atoms with van der Waals surface area (Å²) in [5.74, 6) is 4.64. The number of nitrogens with two attached hydrogens (primary N) is 2. The number of carbonyl (C=O) groups is 1. The van der Waals surface area contributed by atoms with Crippen molar-refractivity contribution < 1.29 is 4.79 Å². The number of hydrazine groups is 1. The highest BCUT2D eigenvalue weighted by Gasteiger charge is 2.10. The van der Waals surface area contributed by atoms with Crippen LogP contribution >= 0.6 is 0 Å². The minimum absolute atomic E-state index is 0.273. The molecule has 5 nitrogen and oxygen atoms in total. The van der Waals surface area contributed by atoms with Crippen LogP contribution in [0.15, 0.2) is 0 Å². The molecule has 0 aromatic carbocycles. The molecule has 0 aliphatic carbocycles. The van der Waals surface area contributed by atoms with Gasteiger partial charge in [-0.3, -0.25) is 10.2 Å². The van der Waals surface area contributed by atoms with Gasteiger partial charge in [0.25, 0.3) is 0 Å². The summed E-state index contributed by atoms with van der Waals surface area (Å²) in [5.41, 5.74) is 5.11. The summed E-state index contributed by atoms with van der Waals surface area (Å²) in [7, 11) is 0. The second-order valence-electron chi connectivity index (χ2n) is 4.73. The van der Waals surface area contributed by atoms with Crippen molar-refractivity contribution in [3.05, 3.63) is 0 Å². The van der Waals surface area contributed by atoms with Crippen LogP contribution in [0.2, 0.25) is 0 Å². The van der Waals surface area contributed by atoms with E-state index in [9.17, 15) is 4.79 Å². The Bertz CT molecular complexity index is 243. The summed E-state index contributed by atoms with van der Waals surface area (Å²) in [4.78, 5) is 11.4. The van der Waals surface area contributed by atoms with Crippen molar-refractivity contribution in [2.75, 3.05) is 0 Å². The standard InChI is InChI=1S/C13H28N4O/c1-2-3-4-5-6-7-8-9-10-11-12(18)17(16)13(14)15/h2-11,16H2,1H3,(H3,14,15). The molecule has 0 aliphatic rings. The van der Waals surface area contributed by atoms with Crippen molar-refractivity contribution in [1.29, 1.82) is 5.41 Å². The van der Waals surface area contributed by atoms with E-state index in [1.54, 1.807) is 0 Å². The number of guanidine groups is 1. The molecule has 0 saturated heterocycles. The molecule has 5 heteroatoms. The van der Waals surface area contributed by atoms with E-state index in [0.29, 0.717) is 11.4 Å². The normalized spacial score (nSPS) is 10.3. The first-order chi connectivity index (χ1) is 8.59. The molecule has 0 saturated carbocycles. The molecule has 5 N–H and O–H groups in total. The molecule has 0 fully saturated rings. The highest BCUT2D eigenvalue weighted by molar-refractivity contribution is 5.93. The molecule has 0 heterocycles. The molecule has 0 radical (unpaired) electrons. The van der Waals surface area contributed by atoms with Crippen molar-refractivity contribution >= 4 is 11.9 Å². The van der Waals surface area contributed by atoms with Crippen molar-refractivity contribution in [2.24, 2.45) is 11.6 Å². The van der Waals surface area contributed by atoms with Crippen LogP contribution in [0.4, 0.5) is 0 Å². The molecular formula is C13H28N4O. The van der Waals surface area contributed by atoms with Crippen LogP contribution in [0.5, 0.6) is 0 Å². The van der Waals surface area contributed by atoms with Gasteiger partial charge >= 0.3 is 0 Å². The molecule has 18 heavy (non-hydrogen) atoms. The maximum absolute atomic E-state index is 11.4. The van der Waals surface area contributed by atoms with E-state index in [0.717, 1.165) is 12.8 Å². The molecule has 0 bridgehead atoms. The van der Waals surface area contributed by atoms with Crippen LogP contribution in [0.25, 0.3) is 0 Å². The van der Waals surface area contributed by atoms with Crippen LogP contribution in [-0.2, 0) is 4.79 Å². The Kier molecular flexibility index (Phi) is 10.3. The van der Waals surface area contributed by atoms with E-state index in [2.05, 4.69) is 6.92 Å². The zero-order valence-electron chi connectivity index (χ0n) is 11.6. The topological polar surface area (TPSA) is 96.2 Å². The summed E-state index contributed by atoms with van der Waals surface area (Å²) in [6, 6.07) is 0. The minimum Gasteiger partial charge on any atom is -0.369 e. The summed E-state index contributed by atoms with van der Waals surface area (Å²) >= 11 is 0. The van der Waals surface area contributed by atoms with E-state index in [-0.39, 0.29) is 5.91 Å². The van der Waals surface area contributed by atoms with Gasteiger partial charge in [-0.1, -0.05) is 58.3 Å². The second-order valence-corrected chi connectivity index (χ2v) is 4.73. The molecule has 106 valence electrons. The van der Waals surface area contributed by atoms with Gasteiger partial charge in [0.05, 0.1) is 0 Å². The van der Waals surface area contributed by atoms with Crippen LogP contribution < -0.4 is 11.6 Å². The molecular weight excluding hydrogens is 228 g/mol. The third kappa shape index (κ3) is 8.98. The largest absolute Gasteiger partial charge is 0.369 e. The molecule has 0 unspecified atom stereocenters. The average Bonchev–Trinajstić information content (AvgIpc) is 2.35. The number of carbonyl (C=O) groups excluding carboxylic acids is 1. The number of unbranched alkanes of at least 4 members (excludes halogenated alkanes) is 8. The number of hydrogen-bond donors (Lipinski definition) is 3.